The van der Waals surface area contributed by atoms with Gasteiger partial charge in [-0.25, -0.2) is 0 Å². The number of rotatable bonds is 3. The third kappa shape index (κ3) is 3.50. The first kappa shape index (κ1) is 14.3. The molecule has 3 rings (SSSR count). The summed E-state index contributed by atoms with van der Waals surface area (Å²) in [6.07, 6.45) is 20.1. The predicted octanol–water partition coefficient (Wildman–Crippen LogP) is 4.75. The zero-order valence-electron chi connectivity index (χ0n) is 12.6. The van der Waals surface area contributed by atoms with Crippen LogP contribution in [-0.2, 0) is 0 Å². The molecule has 3 saturated carbocycles. The summed E-state index contributed by atoms with van der Waals surface area (Å²) in [4.78, 5) is 0. The van der Waals surface area contributed by atoms with Crippen LogP contribution in [0.3, 0.4) is 0 Å². The van der Waals surface area contributed by atoms with E-state index in [0.717, 1.165) is 22.7 Å². The molecular weight excluding hydrogens is 250 g/mol. The third-order valence-corrected chi connectivity index (χ3v) is 7.24. The molecule has 2 heteroatoms. The smallest absolute Gasteiger partial charge is 0.00801 e. The van der Waals surface area contributed by atoms with Crippen LogP contribution in [0.5, 0.6) is 0 Å². The molecule has 0 bridgehead atoms. The Kier molecular flexibility index (Phi) is 4.79. The van der Waals surface area contributed by atoms with E-state index < -0.39 is 0 Å². The first-order valence-corrected chi connectivity index (χ1v) is 9.87. The molecule has 0 aromatic heterocycles. The van der Waals surface area contributed by atoms with Crippen molar-refractivity contribution in [3.63, 3.8) is 0 Å². The molecule has 110 valence electrons. The molecule has 3 aliphatic rings. The summed E-state index contributed by atoms with van der Waals surface area (Å²) < 4.78 is 0. The number of thioether (sulfide) groups is 1. The van der Waals surface area contributed by atoms with Crippen LogP contribution < -0.4 is 5.32 Å². The van der Waals surface area contributed by atoms with E-state index in [1.807, 2.05) is 0 Å². The van der Waals surface area contributed by atoms with Crippen LogP contribution in [0, 0.1) is 5.41 Å². The van der Waals surface area contributed by atoms with Gasteiger partial charge in [0.15, 0.2) is 0 Å². The molecular formula is C17H31NS. The Morgan fingerprint density at radius 2 is 1.58 bits per heavy atom. The molecule has 2 atom stereocenters. The van der Waals surface area contributed by atoms with Gasteiger partial charge < -0.3 is 5.32 Å². The van der Waals surface area contributed by atoms with Crippen LogP contribution >= 0.6 is 11.8 Å². The Hall–Kier alpha value is 0.310. The topological polar surface area (TPSA) is 12.0 Å². The highest BCUT2D eigenvalue weighted by Crippen LogP contribution is 2.49. The van der Waals surface area contributed by atoms with Crippen molar-refractivity contribution in [1.82, 2.24) is 5.32 Å². The largest absolute Gasteiger partial charge is 0.311 e. The number of hydrogen-bond donors (Lipinski definition) is 1. The van der Waals surface area contributed by atoms with Gasteiger partial charge >= 0.3 is 0 Å². The predicted molar refractivity (Wildman–Crippen MR) is 85.9 cm³/mol. The van der Waals surface area contributed by atoms with Crippen molar-refractivity contribution >= 4 is 11.8 Å². The van der Waals surface area contributed by atoms with Crippen LogP contribution in [0.4, 0.5) is 0 Å². The molecule has 0 aromatic rings. The van der Waals surface area contributed by atoms with Gasteiger partial charge in [0.2, 0.25) is 0 Å². The van der Waals surface area contributed by atoms with Gasteiger partial charge in [-0.2, -0.15) is 11.8 Å². The Morgan fingerprint density at radius 3 is 2.26 bits per heavy atom. The molecule has 1 spiro atoms. The van der Waals surface area contributed by atoms with Crippen molar-refractivity contribution in [2.45, 2.75) is 94.4 Å². The SMILES string of the molecule is CSC1CCCC(NC2CCC3(CCCC3)CC2)C1. The molecule has 0 aliphatic heterocycles. The van der Waals surface area contributed by atoms with E-state index in [4.69, 9.17) is 0 Å². The van der Waals surface area contributed by atoms with Crippen LogP contribution in [0.25, 0.3) is 0 Å². The summed E-state index contributed by atoms with van der Waals surface area (Å²) in [5.74, 6) is 0. The zero-order chi connectivity index (χ0) is 13.1. The second kappa shape index (κ2) is 6.39. The fourth-order valence-corrected chi connectivity index (χ4v) is 5.69. The summed E-state index contributed by atoms with van der Waals surface area (Å²) in [5, 5.41) is 4.94. The van der Waals surface area contributed by atoms with Crippen LogP contribution in [0.15, 0.2) is 0 Å². The first-order valence-electron chi connectivity index (χ1n) is 8.59. The van der Waals surface area contributed by atoms with Gasteiger partial charge in [0.25, 0.3) is 0 Å². The Bertz CT molecular complexity index is 275. The average Bonchev–Trinajstić information content (AvgIpc) is 2.90. The van der Waals surface area contributed by atoms with Gasteiger partial charge in [0.1, 0.15) is 0 Å². The van der Waals surface area contributed by atoms with E-state index >= 15 is 0 Å². The highest BCUT2D eigenvalue weighted by Gasteiger charge is 2.38. The lowest BCUT2D eigenvalue weighted by Crippen LogP contribution is -2.44. The zero-order valence-corrected chi connectivity index (χ0v) is 13.4. The highest BCUT2D eigenvalue weighted by molar-refractivity contribution is 7.99. The second-order valence-corrected chi connectivity index (χ2v) is 8.51. The second-order valence-electron chi connectivity index (χ2n) is 7.37. The highest BCUT2D eigenvalue weighted by atomic mass is 32.2. The lowest BCUT2D eigenvalue weighted by Gasteiger charge is -2.40. The van der Waals surface area contributed by atoms with Crippen molar-refractivity contribution < 1.29 is 0 Å². The molecule has 19 heavy (non-hydrogen) atoms. The third-order valence-electron chi connectivity index (χ3n) is 6.14. The molecule has 0 radical (unpaired) electrons. The van der Waals surface area contributed by atoms with Gasteiger partial charge in [0, 0.05) is 17.3 Å². The molecule has 0 saturated heterocycles. The van der Waals surface area contributed by atoms with Gasteiger partial charge in [0.05, 0.1) is 0 Å². The maximum absolute atomic E-state index is 4.02. The molecule has 0 amide bonds. The summed E-state index contributed by atoms with van der Waals surface area (Å²) in [6, 6.07) is 1.67. The number of hydrogen-bond acceptors (Lipinski definition) is 2. The van der Waals surface area contributed by atoms with Crippen LogP contribution in [0.1, 0.15) is 77.0 Å². The van der Waals surface area contributed by atoms with Crippen molar-refractivity contribution in [3.05, 3.63) is 0 Å². The summed E-state index contributed by atoms with van der Waals surface area (Å²) in [6.45, 7) is 0. The fraction of sp³-hybridized carbons (Fsp3) is 1.00. The van der Waals surface area contributed by atoms with Gasteiger partial charge in [-0.15, -0.1) is 0 Å². The molecule has 2 unspecified atom stereocenters. The first-order chi connectivity index (χ1) is 9.30. The summed E-state index contributed by atoms with van der Waals surface area (Å²) >= 11 is 2.09. The summed E-state index contributed by atoms with van der Waals surface area (Å²) in [7, 11) is 0. The minimum atomic E-state index is 0.798. The molecule has 1 N–H and O–H groups in total. The van der Waals surface area contributed by atoms with E-state index in [9.17, 15) is 0 Å². The summed E-state index contributed by atoms with van der Waals surface area (Å²) in [5.41, 5.74) is 0.798. The maximum atomic E-state index is 4.02. The van der Waals surface area contributed by atoms with Gasteiger partial charge in [-0.1, -0.05) is 19.3 Å². The normalized spacial score (nSPS) is 35.8. The lowest BCUT2D eigenvalue weighted by molar-refractivity contribution is 0.158. The molecule has 1 nitrogen and oxygen atoms in total. The van der Waals surface area contributed by atoms with Crippen LogP contribution in [-0.4, -0.2) is 23.6 Å². The molecule has 3 fully saturated rings. The average molecular weight is 282 g/mol. The lowest BCUT2D eigenvalue weighted by atomic mass is 9.71. The quantitative estimate of drug-likeness (QED) is 0.801. The van der Waals surface area contributed by atoms with Crippen molar-refractivity contribution in [3.8, 4) is 0 Å². The molecule has 0 heterocycles. The van der Waals surface area contributed by atoms with E-state index in [1.54, 1.807) is 0 Å². The Balaban J connectivity index is 1.44. The van der Waals surface area contributed by atoms with E-state index in [1.165, 1.54) is 77.0 Å². The van der Waals surface area contributed by atoms with Gasteiger partial charge in [-0.05, 0) is 69.5 Å². The van der Waals surface area contributed by atoms with E-state index in [0.29, 0.717) is 0 Å². The monoisotopic (exact) mass is 281 g/mol. The van der Waals surface area contributed by atoms with E-state index in [-0.39, 0.29) is 0 Å². The van der Waals surface area contributed by atoms with Crippen LogP contribution in [0.2, 0.25) is 0 Å². The Labute approximate surface area is 123 Å². The van der Waals surface area contributed by atoms with Crippen molar-refractivity contribution in [2.75, 3.05) is 6.26 Å². The number of nitrogens with one attached hydrogen (secondary N) is 1. The minimum Gasteiger partial charge on any atom is -0.311 e. The van der Waals surface area contributed by atoms with Gasteiger partial charge in [-0.3, -0.25) is 0 Å². The minimum absolute atomic E-state index is 0.798. The fourth-order valence-electron chi connectivity index (χ4n) is 4.87. The van der Waals surface area contributed by atoms with Crippen molar-refractivity contribution in [1.29, 1.82) is 0 Å². The molecule has 0 aromatic carbocycles. The Morgan fingerprint density at radius 1 is 0.842 bits per heavy atom. The molecule has 3 aliphatic carbocycles. The standard InChI is InChI=1S/C17H31NS/c1-19-16-6-4-5-15(13-16)18-14-7-11-17(12-8-14)9-2-3-10-17/h14-16,18H,2-13H2,1H3. The maximum Gasteiger partial charge on any atom is 0.00801 e. The van der Waals surface area contributed by atoms with E-state index in [2.05, 4.69) is 23.3 Å². The van der Waals surface area contributed by atoms with Crippen molar-refractivity contribution in [2.24, 2.45) is 5.41 Å².